The Kier molecular flexibility index (Phi) is 4.40. The van der Waals surface area contributed by atoms with Crippen LogP contribution in [0.4, 0.5) is 0 Å². The molecular weight excluding hydrogens is 78.0 g/mol. The Morgan fingerprint density at radius 3 is 2.67 bits per heavy atom. The first kappa shape index (κ1) is 5.66. The van der Waals surface area contributed by atoms with Gasteiger partial charge in [0.1, 0.15) is 0 Å². The Morgan fingerprint density at radius 1 is 1.83 bits per heavy atom. The van der Waals surface area contributed by atoms with Crippen LogP contribution in [0, 0.1) is 0 Å². The maximum absolute atomic E-state index is 4.66. The van der Waals surface area contributed by atoms with Gasteiger partial charge in [0.25, 0.3) is 0 Å². The highest BCUT2D eigenvalue weighted by Gasteiger charge is 1.62. The van der Waals surface area contributed by atoms with Crippen molar-refractivity contribution in [3.63, 3.8) is 0 Å². The van der Waals surface area contributed by atoms with E-state index in [1.807, 2.05) is 19.1 Å². The van der Waals surface area contributed by atoms with Crippen molar-refractivity contribution in [2.24, 2.45) is 5.90 Å². The Morgan fingerprint density at radius 2 is 2.50 bits per heavy atom. The smallest absolute Gasteiger partial charge is 0.0860 e. The predicted molar refractivity (Wildman–Crippen MR) is 25.0 cm³/mol. The average molecular weight is 87.1 g/mol. The molecule has 0 spiro atoms. The minimum absolute atomic E-state index is 0.510. The van der Waals surface area contributed by atoms with Crippen molar-refractivity contribution in [3.05, 3.63) is 12.2 Å². The van der Waals surface area contributed by atoms with Crippen LogP contribution in [-0.4, -0.2) is 6.61 Å². The Balaban J connectivity index is 2.66. The van der Waals surface area contributed by atoms with Crippen molar-refractivity contribution in [1.29, 1.82) is 0 Å². The number of hydrogen-bond acceptors (Lipinski definition) is 2. The minimum atomic E-state index is 0.510. The van der Waals surface area contributed by atoms with E-state index >= 15 is 0 Å². The molecule has 0 heterocycles. The second-order valence-corrected chi connectivity index (χ2v) is 0.902. The summed E-state index contributed by atoms with van der Waals surface area (Å²) in [7, 11) is 0. The number of rotatable bonds is 2. The van der Waals surface area contributed by atoms with E-state index in [1.54, 1.807) is 0 Å². The molecule has 0 amide bonds. The van der Waals surface area contributed by atoms with Crippen LogP contribution >= 0.6 is 0 Å². The molecule has 0 saturated heterocycles. The van der Waals surface area contributed by atoms with E-state index in [0.29, 0.717) is 6.61 Å². The van der Waals surface area contributed by atoms with Crippen LogP contribution in [0.25, 0.3) is 0 Å². The molecule has 0 atom stereocenters. The van der Waals surface area contributed by atoms with E-state index < -0.39 is 0 Å². The van der Waals surface area contributed by atoms with Crippen LogP contribution in [0.2, 0.25) is 0 Å². The maximum Gasteiger partial charge on any atom is 0.0860 e. The van der Waals surface area contributed by atoms with Crippen molar-refractivity contribution in [2.45, 2.75) is 6.92 Å². The second kappa shape index (κ2) is 4.66. The summed E-state index contributed by atoms with van der Waals surface area (Å²) in [4.78, 5) is 4.20. The van der Waals surface area contributed by atoms with Gasteiger partial charge >= 0.3 is 0 Å². The maximum atomic E-state index is 4.66. The molecule has 0 aromatic heterocycles. The van der Waals surface area contributed by atoms with Gasteiger partial charge in [-0.2, -0.15) is 0 Å². The molecule has 2 N–H and O–H groups in total. The van der Waals surface area contributed by atoms with Crippen molar-refractivity contribution >= 4 is 0 Å². The van der Waals surface area contributed by atoms with E-state index in [4.69, 9.17) is 0 Å². The average Bonchev–Trinajstić information content (AvgIpc) is 1.61. The lowest BCUT2D eigenvalue weighted by Crippen LogP contribution is -1.96. The zero-order valence-electron chi connectivity index (χ0n) is 3.85. The molecule has 6 heavy (non-hydrogen) atoms. The summed E-state index contributed by atoms with van der Waals surface area (Å²) in [5.41, 5.74) is 0. The van der Waals surface area contributed by atoms with Gasteiger partial charge in [-0.3, -0.25) is 0 Å². The van der Waals surface area contributed by atoms with E-state index in [-0.39, 0.29) is 0 Å². The molecule has 0 radical (unpaired) electrons. The van der Waals surface area contributed by atoms with Gasteiger partial charge in [-0.1, -0.05) is 12.2 Å². The molecule has 2 heteroatoms. The summed E-state index contributed by atoms with van der Waals surface area (Å²) in [6.07, 6.45) is 3.72. The van der Waals surface area contributed by atoms with Gasteiger partial charge in [-0.15, -0.1) is 0 Å². The molecule has 0 rings (SSSR count). The summed E-state index contributed by atoms with van der Waals surface area (Å²) in [5, 5.41) is 0. The molecule has 0 aromatic carbocycles. The molecule has 0 aliphatic carbocycles. The van der Waals surface area contributed by atoms with Crippen molar-refractivity contribution < 1.29 is 4.84 Å². The Bertz CT molecular complexity index is 42.8. The quantitative estimate of drug-likeness (QED) is 0.392. The molecule has 2 nitrogen and oxygen atoms in total. The zero-order valence-corrected chi connectivity index (χ0v) is 3.85. The first-order chi connectivity index (χ1) is 2.91. The SMILES string of the molecule is CC=CCON. The van der Waals surface area contributed by atoms with Crippen LogP contribution in [-0.2, 0) is 4.84 Å². The predicted octanol–water partition coefficient (Wildman–Crippen LogP) is 0.453. The van der Waals surface area contributed by atoms with Gasteiger partial charge in [0, 0.05) is 0 Å². The van der Waals surface area contributed by atoms with Crippen LogP contribution in [0.3, 0.4) is 0 Å². The minimum Gasteiger partial charge on any atom is -0.300 e. The molecule has 0 bridgehead atoms. The summed E-state index contributed by atoms with van der Waals surface area (Å²) < 4.78 is 0. The number of hydrogen-bond donors (Lipinski definition) is 1. The third kappa shape index (κ3) is 3.66. The Labute approximate surface area is 37.6 Å². The fraction of sp³-hybridized carbons (Fsp3) is 0.500. The molecule has 0 fully saturated rings. The normalized spacial score (nSPS) is 10.3. The molecule has 0 saturated carbocycles. The fourth-order valence-electron chi connectivity index (χ4n) is 0.152. The van der Waals surface area contributed by atoms with Crippen molar-refractivity contribution in [3.8, 4) is 0 Å². The van der Waals surface area contributed by atoms with Crippen LogP contribution in [0.15, 0.2) is 12.2 Å². The zero-order chi connectivity index (χ0) is 4.83. The largest absolute Gasteiger partial charge is 0.300 e. The van der Waals surface area contributed by atoms with Gasteiger partial charge in [-0.05, 0) is 6.92 Å². The van der Waals surface area contributed by atoms with Gasteiger partial charge in [-0.25, -0.2) is 5.90 Å². The van der Waals surface area contributed by atoms with Crippen molar-refractivity contribution in [1.82, 2.24) is 0 Å². The molecule has 0 aromatic rings. The van der Waals surface area contributed by atoms with Crippen LogP contribution < -0.4 is 5.90 Å². The molecular formula is C4H9NO. The molecule has 0 aliphatic heterocycles. The van der Waals surface area contributed by atoms with Gasteiger partial charge in [0.2, 0.25) is 0 Å². The van der Waals surface area contributed by atoms with E-state index in [2.05, 4.69) is 10.7 Å². The fourth-order valence-corrected chi connectivity index (χ4v) is 0.152. The monoisotopic (exact) mass is 87.1 g/mol. The lowest BCUT2D eigenvalue weighted by atomic mass is 10.6. The first-order valence-electron chi connectivity index (χ1n) is 1.84. The highest BCUT2D eigenvalue weighted by molar-refractivity contribution is 4.75. The van der Waals surface area contributed by atoms with Gasteiger partial charge < -0.3 is 4.84 Å². The lowest BCUT2D eigenvalue weighted by Gasteiger charge is -1.81. The summed E-state index contributed by atoms with van der Waals surface area (Å²) in [5.74, 6) is 4.66. The lowest BCUT2D eigenvalue weighted by molar-refractivity contribution is 0.168. The van der Waals surface area contributed by atoms with Crippen LogP contribution in [0.5, 0.6) is 0 Å². The van der Waals surface area contributed by atoms with E-state index in [9.17, 15) is 0 Å². The van der Waals surface area contributed by atoms with Gasteiger partial charge in [0.15, 0.2) is 0 Å². The molecule has 0 unspecified atom stereocenters. The third-order valence-electron chi connectivity index (χ3n) is 0.428. The molecule has 36 valence electrons. The number of nitrogens with two attached hydrogens (primary N) is 1. The topological polar surface area (TPSA) is 35.2 Å². The summed E-state index contributed by atoms with van der Waals surface area (Å²) in [6.45, 7) is 2.43. The summed E-state index contributed by atoms with van der Waals surface area (Å²) in [6, 6.07) is 0. The summed E-state index contributed by atoms with van der Waals surface area (Å²) >= 11 is 0. The Hall–Kier alpha value is -0.340. The first-order valence-corrected chi connectivity index (χ1v) is 1.84. The highest BCUT2D eigenvalue weighted by atomic mass is 16.6. The van der Waals surface area contributed by atoms with E-state index in [0.717, 1.165) is 0 Å². The third-order valence-corrected chi connectivity index (χ3v) is 0.428. The standard InChI is InChI=1S/C4H9NO/c1-2-3-4-6-5/h2-3H,4-5H2,1H3. The van der Waals surface area contributed by atoms with Crippen molar-refractivity contribution in [2.75, 3.05) is 6.61 Å². The number of allylic oxidation sites excluding steroid dienone is 1. The van der Waals surface area contributed by atoms with E-state index in [1.165, 1.54) is 0 Å². The highest BCUT2D eigenvalue weighted by Crippen LogP contribution is 1.66. The van der Waals surface area contributed by atoms with Crippen LogP contribution in [0.1, 0.15) is 6.92 Å². The molecule has 0 aliphatic rings. The van der Waals surface area contributed by atoms with Gasteiger partial charge in [0.05, 0.1) is 6.61 Å². The second-order valence-electron chi connectivity index (χ2n) is 0.902.